The second-order valence-corrected chi connectivity index (χ2v) is 7.62. The molecule has 5 nitrogen and oxygen atoms in total. The van der Waals surface area contributed by atoms with Crippen molar-refractivity contribution in [3.05, 3.63) is 29.8 Å². The summed E-state index contributed by atoms with van der Waals surface area (Å²) in [5, 5.41) is 8.91. The van der Waals surface area contributed by atoms with E-state index in [0.29, 0.717) is 12.1 Å². The van der Waals surface area contributed by atoms with Crippen LogP contribution in [-0.4, -0.2) is 25.2 Å². The lowest BCUT2D eigenvalue weighted by molar-refractivity contribution is 0.0697. The first-order chi connectivity index (χ1) is 10.9. The summed E-state index contributed by atoms with van der Waals surface area (Å²) in [6.45, 7) is 2.18. The molecule has 0 amide bonds. The molecule has 130 valence electrons. The summed E-state index contributed by atoms with van der Waals surface area (Å²) in [6.07, 6.45) is 8.74. The SMILES string of the molecule is CCCCCCCCCCS(=O)(=O)Nc1cccc(C(=O)O)c1. The normalized spacial score (nSPS) is 11.3. The van der Waals surface area contributed by atoms with Gasteiger partial charge in [-0.2, -0.15) is 0 Å². The summed E-state index contributed by atoms with van der Waals surface area (Å²) in [7, 11) is -3.42. The molecule has 0 aliphatic heterocycles. The molecule has 23 heavy (non-hydrogen) atoms. The molecule has 0 saturated carbocycles. The molecule has 0 unspecified atom stereocenters. The minimum atomic E-state index is -3.42. The first-order valence-electron chi connectivity index (χ1n) is 8.28. The molecule has 0 fully saturated rings. The molecule has 0 aliphatic carbocycles. The molecule has 0 heterocycles. The lowest BCUT2D eigenvalue weighted by Gasteiger charge is -2.08. The number of carboxylic acid groups (broad SMARTS) is 1. The first kappa shape index (κ1) is 19.5. The summed E-state index contributed by atoms with van der Waals surface area (Å²) >= 11 is 0. The Balaban J connectivity index is 2.31. The van der Waals surface area contributed by atoms with Crippen molar-refractivity contribution in [3.8, 4) is 0 Å². The van der Waals surface area contributed by atoms with Crippen LogP contribution in [0.1, 0.15) is 68.6 Å². The van der Waals surface area contributed by atoms with Crippen molar-refractivity contribution in [3.63, 3.8) is 0 Å². The van der Waals surface area contributed by atoms with Crippen LogP contribution >= 0.6 is 0 Å². The average molecular weight is 341 g/mol. The minimum absolute atomic E-state index is 0.0669. The Kier molecular flexibility index (Phi) is 8.69. The van der Waals surface area contributed by atoms with Crippen LogP contribution in [-0.2, 0) is 10.0 Å². The van der Waals surface area contributed by atoms with E-state index >= 15 is 0 Å². The van der Waals surface area contributed by atoms with Crippen molar-refractivity contribution in [1.29, 1.82) is 0 Å². The summed E-state index contributed by atoms with van der Waals surface area (Å²) in [5.41, 5.74) is 0.363. The van der Waals surface area contributed by atoms with Crippen LogP contribution in [0, 0.1) is 0 Å². The van der Waals surface area contributed by atoms with E-state index in [2.05, 4.69) is 11.6 Å². The summed E-state index contributed by atoms with van der Waals surface area (Å²) in [4.78, 5) is 10.9. The number of benzene rings is 1. The number of anilines is 1. The largest absolute Gasteiger partial charge is 0.478 e. The summed E-state index contributed by atoms with van der Waals surface area (Å²) in [6, 6.07) is 5.83. The van der Waals surface area contributed by atoms with Crippen LogP contribution in [0.3, 0.4) is 0 Å². The van der Waals surface area contributed by atoms with E-state index < -0.39 is 16.0 Å². The Morgan fingerprint density at radius 2 is 1.65 bits per heavy atom. The van der Waals surface area contributed by atoms with Gasteiger partial charge in [0.2, 0.25) is 10.0 Å². The molecule has 0 aliphatic rings. The van der Waals surface area contributed by atoms with Gasteiger partial charge in [0.15, 0.2) is 0 Å². The highest BCUT2D eigenvalue weighted by Crippen LogP contribution is 2.14. The van der Waals surface area contributed by atoms with Crippen molar-refractivity contribution in [2.75, 3.05) is 10.5 Å². The Morgan fingerprint density at radius 1 is 1.04 bits per heavy atom. The number of carbonyl (C=O) groups is 1. The predicted octanol–water partition coefficient (Wildman–Crippen LogP) is 4.27. The topological polar surface area (TPSA) is 83.5 Å². The zero-order valence-corrected chi connectivity index (χ0v) is 14.6. The number of aromatic carboxylic acids is 1. The highest BCUT2D eigenvalue weighted by molar-refractivity contribution is 7.92. The fourth-order valence-electron chi connectivity index (χ4n) is 2.37. The molecular formula is C17H27NO4S. The van der Waals surface area contributed by atoms with Gasteiger partial charge in [0.1, 0.15) is 0 Å². The second-order valence-electron chi connectivity index (χ2n) is 5.78. The van der Waals surface area contributed by atoms with Crippen LogP contribution in [0.25, 0.3) is 0 Å². The van der Waals surface area contributed by atoms with Crippen molar-refractivity contribution in [1.82, 2.24) is 0 Å². The fourth-order valence-corrected chi connectivity index (χ4v) is 3.54. The second kappa shape index (κ2) is 10.3. The van der Waals surface area contributed by atoms with Crippen LogP contribution < -0.4 is 4.72 Å². The maximum atomic E-state index is 12.0. The van der Waals surface area contributed by atoms with E-state index in [0.717, 1.165) is 19.3 Å². The van der Waals surface area contributed by atoms with Crippen LogP contribution in [0.15, 0.2) is 24.3 Å². The van der Waals surface area contributed by atoms with E-state index in [-0.39, 0.29) is 11.3 Å². The minimum Gasteiger partial charge on any atom is -0.478 e. The highest BCUT2D eigenvalue weighted by atomic mass is 32.2. The standard InChI is InChI=1S/C17H27NO4S/c1-2-3-4-5-6-7-8-9-13-23(21,22)18-16-12-10-11-15(14-16)17(19)20/h10-12,14,18H,2-9,13H2,1H3,(H,19,20). The Hall–Kier alpha value is -1.56. The van der Waals surface area contributed by atoms with Gasteiger partial charge in [-0.3, -0.25) is 4.72 Å². The maximum absolute atomic E-state index is 12.0. The average Bonchev–Trinajstić information content (AvgIpc) is 2.49. The number of hydrogen-bond donors (Lipinski definition) is 2. The van der Waals surface area contributed by atoms with Gasteiger partial charge in [-0.1, -0.05) is 57.9 Å². The third-order valence-corrected chi connectivity index (χ3v) is 5.02. The number of rotatable bonds is 12. The van der Waals surface area contributed by atoms with Gasteiger partial charge < -0.3 is 5.11 Å². The Morgan fingerprint density at radius 3 is 2.26 bits per heavy atom. The molecule has 0 atom stereocenters. The van der Waals surface area contributed by atoms with Crippen LogP contribution in [0.2, 0.25) is 0 Å². The third-order valence-electron chi connectivity index (χ3n) is 3.65. The molecule has 1 rings (SSSR count). The van der Waals surface area contributed by atoms with E-state index in [1.165, 1.54) is 43.9 Å². The molecule has 1 aromatic rings. The lowest BCUT2D eigenvalue weighted by atomic mass is 10.1. The number of nitrogens with one attached hydrogen (secondary N) is 1. The van der Waals surface area contributed by atoms with E-state index in [1.54, 1.807) is 6.07 Å². The molecule has 0 aromatic heterocycles. The molecule has 1 aromatic carbocycles. The van der Waals surface area contributed by atoms with Gasteiger partial charge in [-0.25, -0.2) is 13.2 Å². The fraction of sp³-hybridized carbons (Fsp3) is 0.588. The van der Waals surface area contributed by atoms with Gasteiger partial charge >= 0.3 is 5.97 Å². The summed E-state index contributed by atoms with van der Waals surface area (Å²) in [5.74, 6) is -1.01. The monoisotopic (exact) mass is 341 g/mol. The molecule has 0 spiro atoms. The Bertz CT molecular complexity index is 584. The van der Waals surface area contributed by atoms with Gasteiger partial charge in [-0.15, -0.1) is 0 Å². The van der Waals surface area contributed by atoms with Crippen molar-refractivity contribution in [2.45, 2.75) is 58.3 Å². The molecule has 0 radical (unpaired) electrons. The van der Waals surface area contributed by atoms with Gasteiger partial charge in [-0.05, 0) is 24.6 Å². The molecule has 0 bridgehead atoms. The maximum Gasteiger partial charge on any atom is 0.335 e. The van der Waals surface area contributed by atoms with Gasteiger partial charge in [0.05, 0.1) is 11.3 Å². The van der Waals surface area contributed by atoms with Crippen molar-refractivity contribution in [2.24, 2.45) is 0 Å². The first-order valence-corrected chi connectivity index (χ1v) is 9.93. The quantitative estimate of drug-likeness (QED) is 0.556. The number of hydrogen-bond acceptors (Lipinski definition) is 3. The molecule has 2 N–H and O–H groups in total. The third kappa shape index (κ3) is 8.59. The van der Waals surface area contributed by atoms with Crippen LogP contribution in [0.4, 0.5) is 5.69 Å². The van der Waals surface area contributed by atoms with Crippen molar-refractivity contribution < 1.29 is 18.3 Å². The molecular weight excluding hydrogens is 314 g/mol. The molecule has 6 heteroatoms. The number of unbranched alkanes of at least 4 members (excludes halogenated alkanes) is 7. The zero-order valence-electron chi connectivity index (χ0n) is 13.8. The van der Waals surface area contributed by atoms with E-state index in [1.807, 2.05) is 0 Å². The number of sulfonamides is 1. The zero-order chi connectivity index (χ0) is 17.1. The van der Waals surface area contributed by atoms with Crippen molar-refractivity contribution >= 4 is 21.7 Å². The summed E-state index contributed by atoms with van der Waals surface area (Å²) < 4.78 is 26.4. The lowest BCUT2D eigenvalue weighted by Crippen LogP contribution is -2.17. The van der Waals surface area contributed by atoms with E-state index in [4.69, 9.17) is 5.11 Å². The highest BCUT2D eigenvalue weighted by Gasteiger charge is 2.11. The van der Waals surface area contributed by atoms with E-state index in [9.17, 15) is 13.2 Å². The predicted molar refractivity (Wildman–Crippen MR) is 93.4 cm³/mol. The van der Waals surface area contributed by atoms with Gasteiger partial charge in [0.25, 0.3) is 0 Å². The molecule has 0 saturated heterocycles. The number of carboxylic acids is 1. The van der Waals surface area contributed by atoms with Gasteiger partial charge in [0, 0.05) is 5.69 Å². The van der Waals surface area contributed by atoms with Crippen LogP contribution in [0.5, 0.6) is 0 Å². The Labute approximate surface area is 139 Å². The smallest absolute Gasteiger partial charge is 0.335 e.